The van der Waals surface area contributed by atoms with Gasteiger partial charge >= 0.3 is 0 Å². The zero-order valence-electron chi connectivity index (χ0n) is 19.1. The van der Waals surface area contributed by atoms with Crippen LogP contribution in [-0.2, 0) is 17.8 Å². The number of rotatable bonds is 11. The molecule has 2 aromatic carbocycles. The van der Waals surface area contributed by atoms with E-state index in [9.17, 15) is 0 Å². The van der Waals surface area contributed by atoms with E-state index in [1.165, 1.54) is 47.9 Å². The molecule has 1 nitrogen and oxygen atoms in total. The van der Waals surface area contributed by atoms with E-state index in [4.69, 9.17) is 4.74 Å². The normalized spacial score (nSPS) is 19.3. The Morgan fingerprint density at radius 2 is 1.39 bits per heavy atom. The Labute approximate surface area is 189 Å². The van der Waals surface area contributed by atoms with Gasteiger partial charge in [0.2, 0.25) is 0 Å². The maximum atomic E-state index is 5.64. The predicted octanol–water partition coefficient (Wildman–Crippen LogP) is 8.32. The maximum Gasteiger partial charge on any atom is 0.0717 e. The minimum Gasteiger partial charge on any atom is -0.376 e. The summed E-state index contributed by atoms with van der Waals surface area (Å²) in [6, 6.07) is 17.7. The number of hydrogen-bond acceptors (Lipinski definition) is 1. The van der Waals surface area contributed by atoms with Gasteiger partial charge in [-0.25, -0.2) is 0 Å². The molecule has 0 N–H and O–H groups in total. The highest BCUT2D eigenvalue weighted by Crippen LogP contribution is 2.30. The molecule has 0 aliphatic heterocycles. The van der Waals surface area contributed by atoms with Crippen molar-refractivity contribution in [1.29, 1.82) is 0 Å². The van der Waals surface area contributed by atoms with E-state index in [-0.39, 0.29) is 0 Å². The van der Waals surface area contributed by atoms with E-state index in [2.05, 4.69) is 86.3 Å². The Kier molecular flexibility index (Phi) is 9.86. The van der Waals surface area contributed by atoms with Crippen LogP contribution in [0, 0.1) is 11.8 Å². The van der Waals surface area contributed by atoms with Gasteiger partial charge in [0.05, 0.1) is 13.2 Å². The van der Waals surface area contributed by atoms with Crippen LogP contribution in [0.25, 0.3) is 11.1 Å². The van der Waals surface area contributed by atoms with E-state index in [1.807, 2.05) is 6.08 Å². The third kappa shape index (κ3) is 7.99. The summed E-state index contributed by atoms with van der Waals surface area (Å²) in [6.45, 7) is 7.26. The van der Waals surface area contributed by atoms with Crippen molar-refractivity contribution in [3.63, 3.8) is 0 Å². The summed E-state index contributed by atoms with van der Waals surface area (Å²) in [5, 5.41) is 0. The topological polar surface area (TPSA) is 9.23 Å². The van der Waals surface area contributed by atoms with E-state index in [0.29, 0.717) is 6.61 Å². The van der Waals surface area contributed by atoms with Crippen molar-refractivity contribution in [2.75, 3.05) is 6.61 Å². The lowest BCUT2D eigenvalue weighted by Gasteiger charge is -2.24. The molecule has 0 atom stereocenters. The van der Waals surface area contributed by atoms with Crippen LogP contribution in [0.5, 0.6) is 0 Å². The standard InChI is InChI=1S/C30H38O/c1-3-5-23-31-24-28-17-21-30(22-18-28)29-19-15-27(16-20-29)10-7-6-9-26-13-11-25(8-4-2)12-14-26/h3-4,6,8-9,15-22,25-26H,1,5,7,10-14,23-24H2,2H3/t25-,26-. The lowest BCUT2D eigenvalue weighted by Crippen LogP contribution is -2.11. The van der Waals surface area contributed by atoms with Crippen molar-refractivity contribution in [2.24, 2.45) is 11.8 Å². The molecular formula is C30H38O. The van der Waals surface area contributed by atoms with E-state index >= 15 is 0 Å². The third-order valence-electron chi connectivity index (χ3n) is 6.27. The molecule has 2 aromatic rings. The van der Waals surface area contributed by atoms with Gasteiger partial charge in [-0.1, -0.05) is 78.9 Å². The fourth-order valence-electron chi connectivity index (χ4n) is 4.35. The van der Waals surface area contributed by atoms with Gasteiger partial charge in [-0.2, -0.15) is 0 Å². The van der Waals surface area contributed by atoms with Crippen molar-refractivity contribution in [3.05, 3.63) is 96.6 Å². The highest BCUT2D eigenvalue weighted by Gasteiger charge is 2.16. The minimum absolute atomic E-state index is 0.664. The van der Waals surface area contributed by atoms with Crippen LogP contribution in [0.3, 0.4) is 0 Å². The molecular weight excluding hydrogens is 376 g/mol. The molecule has 31 heavy (non-hydrogen) atoms. The molecule has 164 valence electrons. The largest absolute Gasteiger partial charge is 0.376 e. The second-order valence-electron chi connectivity index (χ2n) is 8.69. The van der Waals surface area contributed by atoms with Crippen LogP contribution in [-0.4, -0.2) is 6.61 Å². The molecule has 0 radical (unpaired) electrons. The van der Waals surface area contributed by atoms with Crippen LogP contribution in [0.1, 0.15) is 56.6 Å². The van der Waals surface area contributed by atoms with Gasteiger partial charge in [-0.3, -0.25) is 0 Å². The molecule has 0 saturated heterocycles. The SMILES string of the molecule is C=CCCOCc1ccc(-c2ccc(CCC=C[C@H]3CC[C@H](C=CC)CC3)cc2)cc1. The minimum atomic E-state index is 0.664. The number of ether oxygens (including phenoxy) is 1. The van der Waals surface area contributed by atoms with Gasteiger partial charge in [0.1, 0.15) is 0 Å². The second-order valence-corrected chi connectivity index (χ2v) is 8.69. The van der Waals surface area contributed by atoms with Gasteiger partial charge in [-0.15, -0.1) is 6.58 Å². The molecule has 1 aliphatic rings. The van der Waals surface area contributed by atoms with E-state index in [1.54, 1.807) is 0 Å². The molecule has 1 heteroatoms. The van der Waals surface area contributed by atoms with Crippen LogP contribution >= 0.6 is 0 Å². The third-order valence-corrected chi connectivity index (χ3v) is 6.27. The Balaban J connectivity index is 1.41. The van der Waals surface area contributed by atoms with Crippen molar-refractivity contribution in [3.8, 4) is 11.1 Å². The maximum absolute atomic E-state index is 5.64. The fourth-order valence-corrected chi connectivity index (χ4v) is 4.35. The van der Waals surface area contributed by atoms with Gasteiger partial charge in [0.25, 0.3) is 0 Å². The lowest BCUT2D eigenvalue weighted by atomic mass is 9.81. The fraction of sp³-hybridized carbons (Fsp3) is 0.400. The lowest BCUT2D eigenvalue weighted by molar-refractivity contribution is 0.125. The van der Waals surface area contributed by atoms with Gasteiger partial charge in [-0.05, 0) is 86.0 Å². The highest BCUT2D eigenvalue weighted by atomic mass is 16.5. The zero-order chi connectivity index (χ0) is 21.7. The summed E-state index contributed by atoms with van der Waals surface area (Å²) in [4.78, 5) is 0. The van der Waals surface area contributed by atoms with Gasteiger partial charge < -0.3 is 4.74 Å². The van der Waals surface area contributed by atoms with Crippen molar-refractivity contribution >= 4 is 0 Å². The number of aryl methyl sites for hydroxylation is 1. The second kappa shape index (κ2) is 13.1. The first-order chi connectivity index (χ1) is 15.3. The average molecular weight is 415 g/mol. The van der Waals surface area contributed by atoms with Gasteiger partial charge in [0.15, 0.2) is 0 Å². The van der Waals surface area contributed by atoms with Gasteiger partial charge in [0, 0.05) is 0 Å². The number of hydrogen-bond donors (Lipinski definition) is 0. The highest BCUT2D eigenvalue weighted by molar-refractivity contribution is 5.63. The first-order valence-corrected chi connectivity index (χ1v) is 11.9. The number of allylic oxidation sites excluding steroid dienone is 4. The van der Waals surface area contributed by atoms with Crippen molar-refractivity contribution in [2.45, 2.75) is 58.5 Å². The van der Waals surface area contributed by atoms with Crippen molar-refractivity contribution < 1.29 is 4.74 Å². The molecule has 0 unspecified atom stereocenters. The Morgan fingerprint density at radius 3 is 1.97 bits per heavy atom. The van der Waals surface area contributed by atoms with Crippen LogP contribution < -0.4 is 0 Å². The summed E-state index contributed by atoms with van der Waals surface area (Å²) in [6.07, 6.45) is 19.9. The van der Waals surface area contributed by atoms with Crippen LogP contribution in [0.15, 0.2) is 85.5 Å². The monoisotopic (exact) mass is 414 g/mol. The summed E-state index contributed by atoms with van der Waals surface area (Å²) in [5.74, 6) is 1.61. The van der Waals surface area contributed by atoms with Crippen molar-refractivity contribution in [1.82, 2.24) is 0 Å². The summed E-state index contributed by atoms with van der Waals surface area (Å²) < 4.78 is 5.64. The van der Waals surface area contributed by atoms with Crippen LogP contribution in [0.4, 0.5) is 0 Å². The molecule has 3 rings (SSSR count). The van der Waals surface area contributed by atoms with E-state index < -0.39 is 0 Å². The zero-order valence-corrected chi connectivity index (χ0v) is 19.1. The summed E-state index contributed by atoms with van der Waals surface area (Å²) >= 11 is 0. The van der Waals surface area contributed by atoms with E-state index in [0.717, 1.165) is 37.7 Å². The Hall–Kier alpha value is -2.38. The quantitative estimate of drug-likeness (QED) is 0.265. The first kappa shape index (κ1) is 23.3. The average Bonchev–Trinajstić information content (AvgIpc) is 2.82. The molecule has 0 aromatic heterocycles. The molecule has 1 aliphatic carbocycles. The smallest absolute Gasteiger partial charge is 0.0717 e. The molecule has 0 heterocycles. The first-order valence-electron chi connectivity index (χ1n) is 11.9. The summed E-state index contributed by atoms with van der Waals surface area (Å²) in [5.41, 5.74) is 5.16. The Bertz CT molecular complexity index is 818. The predicted molar refractivity (Wildman–Crippen MR) is 134 cm³/mol. The molecule has 0 spiro atoms. The Morgan fingerprint density at radius 1 is 0.806 bits per heavy atom. The molecule has 1 saturated carbocycles. The van der Waals surface area contributed by atoms with Crippen LogP contribution in [0.2, 0.25) is 0 Å². The molecule has 1 fully saturated rings. The number of benzene rings is 2. The molecule has 0 amide bonds. The molecule has 0 bridgehead atoms. The summed E-state index contributed by atoms with van der Waals surface area (Å²) in [7, 11) is 0.